The van der Waals surface area contributed by atoms with Crippen molar-refractivity contribution in [2.75, 3.05) is 33.4 Å². The van der Waals surface area contributed by atoms with Crippen LogP contribution in [0, 0.1) is 5.92 Å². The van der Waals surface area contributed by atoms with E-state index in [2.05, 4.69) is 22.5 Å². The van der Waals surface area contributed by atoms with E-state index >= 15 is 0 Å². The molecule has 7 nitrogen and oxygen atoms in total. The van der Waals surface area contributed by atoms with Crippen LogP contribution in [0.4, 0.5) is 4.79 Å². The van der Waals surface area contributed by atoms with Crippen LogP contribution >= 0.6 is 0 Å². The van der Waals surface area contributed by atoms with Gasteiger partial charge in [-0.3, -0.25) is 4.90 Å². The van der Waals surface area contributed by atoms with E-state index in [0.717, 1.165) is 31.5 Å². The summed E-state index contributed by atoms with van der Waals surface area (Å²) in [6.45, 7) is 7.05. The van der Waals surface area contributed by atoms with Crippen molar-refractivity contribution in [3.63, 3.8) is 0 Å². The highest BCUT2D eigenvalue weighted by molar-refractivity contribution is 5.95. The fourth-order valence-corrected chi connectivity index (χ4v) is 3.78. The summed E-state index contributed by atoms with van der Waals surface area (Å²) in [5, 5.41) is 5.70. The van der Waals surface area contributed by atoms with Gasteiger partial charge in [0.2, 0.25) is 0 Å². The number of para-hydroxylation sites is 1. The Balaban J connectivity index is 1.98. The number of carbonyl (C=O) groups excluding carboxylic acids is 2. The Hall–Kier alpha value is -2.54. The largest absolute Gasteiger partial charge is 0.494 e. The molecule has 0 unspecified atom stereocenters. The first kappa shape index (κ1) is 20.2. The maximum absolute atomic E-state index is 12.7. The molecule has 0 aliphatic carbocycles. The van der Waals surface area contributed by atoms with Gasteiger partial charge in [-0.1, -0.05) is 25.1 Å². The van der Waals surface area contributed by atoms with Gasteiger partial charge in [0.25, 0.3) is 0 Å². The molecule has 1 aromatic rings. The van der Waals surface area contributed by atoms with Gasteiger partial charge in [-0.15, -0.1) is 0 Å². The van der Waals surface area contributed by atoms with Crippen LogP contribution in [0.1, 0.15) is 38.3 Å². The van der Waals surface area contributed by atoms with Crippen LogP contribution in [0.15, 0.2) is 35.5 Å². The van der Waals surface area contributed by atoms with Crippen molar-refractivity contribution in [1.29, 1.82) is 0 Å². The summed E-state index contributed by atoms with van der Waals surface area (Å²) in [7, 11) is 1.36. The van der Waals surface area contributed by atoms with E-state index < -0.39 is 12.0 Å². The first-order chi connectivity index (χ1) is 13.5. The van der Waals surface area contributed by atoms with Crippen molar-refractivity contribution in [1.82, 2.24) is 15.5 Å². The third-order valence-corrected chi connectivity index (χ3v) is 5.35. The third-order valence-electron chi connectivity index (χ3n) is 5.35. The number of nitrogens with one attached hydrogen (secondary N) is 2. The molecule has 7 heteroatoms. The second-order valence-corrected chi connectivity index (χ2v) is 7.34. The first-order valence-corrected chi connectivity index (χ1v) is 9.86. The molecule has 2 N–H and O–H groups in total. The zero-order valence-electron chi connectivity index (χ0n) is 16.8. The Morgan fingerprint density at radius 3 is 2.64 bits per heavy atom. The van der Waals surface area contributed by atoms with Crippen LogP contribution in [0.25, 0.3) is 0 Å². The quantitative estimate of drug-likeness (QED) is 0.734. The first-order valence-electron chi connectivity index (χ1n) is 9.86. The Kier molecular flexibility index (Phi) is 6.57. The van der Waals surface area contributed by atoms with E-state index in [1.165, 1.54) is 7.11 Å². The molecule has 1 saturated heterocycles. The second-order valence-electron chi connectivity index (χ2n) is 7.34. The molecular weight excluding hydrogens is 358 g/mol. The van der Waals surface area contributed by atoms with Crippen molar-refractivity contribution in [3.05, 3.63) is 41.1 Å². The number of esters is 1. The lowest BCUT2D eigenvalue weighted by atomic mass is 9.93. The molecule has 0 bridgehead atoms. The van der Waals surface area contributed by atoms with Crippen molar-refractivity contribution in [3.8, 4) is 5.75 Å². The summed E-state index contributed by atoms with van der Waals surface area (Å²) < 4.78 is 10.8. The second kappa shape index (κ2) is 9.10. The Labute approximate surface area is 166 Å². The van der Waals surface area contributed by atoms with E-state index in [9.17, 15) is 9.59 Å². The molecule has 0 aromatic heterocycles. The molecule has 1 aromatic carbocycles. The molecule has 28 heavy (non-hydrogen) atoms. The van der Waals surface area contributed by atoms with Gasteiger partial charge in [0.05, 0.1) is 25.3 Å². The summed E-state index contributed by atoms with van der Waals surface area (Å²) in [5.74, 6) is 0.896. The van der Waals surface area contributed by atoms with Gasteiger partial charge in [-0.05, 0) is 44.8 Å². The number of carbonyl (C=O) groups is 2. The number of amides is 2. The maximum atomic E-state index is 12.7. The number of ether oxygens (including phenoxy) is 2. The summed E-state index contributed by atoms with van der Waals surface area (Å²) in [5.41, 5.74) is 1.76. The molecule has 3 rings (SSSR count). The highest BCUT2D eigenvalue weighted by Crippen LogP contribution is 2.34. The van der Waals surface area contributed by atoms with E-state index in [0.29, 0.717) is 36.1 Å². The number of nitrogens with zero attached hydrogens (tertiary/aromatic N) is 1. The van der Waals surface area contributed by atoms with Gasteiger partial charge in [0.1, 0.15) is 5.75 Å². The highest BCUT2D eigenvalue weighted by atomic mass is 16.5. The molecular formula is C21H29N3O4. The van der Waals surface area contributed by atoms with E-state index in [4.69, 9.17) is 9.47 Å². The molecule has 2 aliphatic rings. The number of urea groups is 1. The lowest BCUT2D eigenvalue weighted by Crippen LogP contribution is -2.49. The number of methoxy groups -OCH3 is 1. The molecule has 2 aliphatic heterocycles. The number of hydrogen-bond acceptors (Lipinski definition) is 5. The molecule has 2 heterocycles. The average molecular weight is 387 g/mol. The Morgan fingerprint density at radius 1 is 1.25 bits per heavy atom. The normalized spacial score (nSPS) is 21.1. The Morgan fingerprint density at radius 2 is 1.96 bits per heavy atom. The molecule has 0 spiro atoms. The predicted octanol–water partition coefficient (Wildman–Crippen LogP) is 2.60. The number of rotatable bonds is 6. The number of hydrogen-bond donors (Lipinski definition) is 2. The maximum Gasteiger partial charge on any atom is 0.338 e. The van der Waals surface area contributed by atoms with Gasteiger partial charge >= 0.3 is 12.0 Å². The van der Waals surface area contributed by atoms with Gasteiger partial charge in [0, 0.05) is 17.8 Å². The van der Waals surface area contributed by atoms with Crippen LogP contribution in [0.2, 0.25) is 0 Å². The minimum atomic E-state index is -0.623. The summed E-state index contributed by atoms with van der Waals surface area (Å²) in [6.07, 6.45) is 2.23. The number of piperidine rings is 1. The molecule has 1 fully saturated rings. The summed E-state index contributed by atoms with van der Waals surface area (Å²) in [4.78, 5) is 27.4. The highest BCUT2D eigenvalue weighted by Gasteiger charge is 2.35. The monoisotopic (exact) mass is 387 g/mol. The van der Waals surface area contributed by atoms with Crippen LogP contribution in [0.3, 0.4) is 0 Å². The smallest absolute Gasteiger partial charge is 0.338 e. The van der Waals surface area contributed by atoms with Crippen molar-refractivity contribution in [2.24, 2.45) is 5.92 Å². The lowest BCUT2D eigenvalue weighted by Gasteiger charge is -2.35. The van der Waals surface area contributed by atoms with Crippen LogP contribution < -0.4 is 15.4 Å². The molecule has 0 saturated carbocycles. The number of likely N-dealkylation sites (tertiary alicyclic amines) is 1. The number of benzene rings is 1. The fraction of sp³-hybridized carbons (Fsp3) is 0.524. The van der Waals surface area contributed by atoms with Gasteiger partial charge in [-0.2, -0.15) is 0 Å². The standard InChI is InChI=1S/C21H29N3O4/c1-4-28-17-8-6-5-7-15(17)19-18(20(25)27-3)16(22-21(26)23-19)13-24-11-9-14(2)10-12-24/h5-8,14,19H,4,9-13H2,1-3H3,(H2,22,23,26)/t19-/m1/s1. The molecule has 152 valence electrons. The minimum absolute atomic E-state index is 0.329. The van der Waals surface area contributed by atoms with Crippen molar-refractivity contribution < 1.29 is 19.1 Å². The van der Waals surface area contributed by atoms with E-state index in [1.807, 2.05) is 31.2 Å². The van der Waals surface area contributed by atoms with Gasteiger partial charge in [0.15, 0.2) is 0 Å². The van der Waals surface area contributed by atoms with E-state index in [-0.39, 0.29) is 6.03 Å². The van der Waals surface area contributed by atoms with Crippen molar-refractivity contribution >= 4 is 12.0 Å². The summed E-state index contributed by atoms with van der Waals surface area (Å²) in [6, 6.07) is 6.49. The molecule has 0 radical (unpaired) electrons. The fourth-order valence-electron chi connectivity index (χ4n) is 3.78. The molecule has 2 amide bonds. The zero-order chi connectivity index (χ0) is 20.1. The SMILES string of the molecule is CCOc1ccccc1[C@H]1NC(=O)NC(CN2CCC(C)CC2)=C1C(=O)OC. The van der Waals surface area contributed by atoms with Gasteiger partial charge < -0.3 is 20.1 Å². The minimum Gasteiger partial charge on any atom is -0.494 e. The zero-order valence-corrected chi connectivity index (χ0v) is 16.8. The predicted molar refractivity (Wildman–Crippen MR) is 106 cm³/mol. The average Bonchev–Trinajstić information content (AvgIpc) is 2.69. The van der Waals surface area contributed by atoms with Crippen LogP contribution in [-0.4, -0.2) is 50.3 Å². The lowest BCUT2D eigenvalue weighted by molar-refractivity contribution is -0.136. The van der Waals surface area contributed by atoms with Gasteiger partial charge in [-0.25, -0.2) is 9.59 Å². The van der Waals surface area contributed by atoms with E-state index in [1.54, 1.807) is 0 Å². The molecule has 1 atom stereocenters. The Bertz CT molecular complexity index is 754. The van der Waals surface area contributed by atoms with Crippen LogP contribution in [0.5, 0.6) is 5.75 Å². The third kappa shape index (κ3) is 4.47. The topological polar surface area (TPSA) is 79.9 Å². The summed E-state index contributed by atoms with van der Waals surface area (Å²) >= 11 is 0. The van der Waals surface area contributed by atoms with Crippen molar-refractivity contribution in [2.45, 2.75) is 32.7 Å². The van der Waals surface area contributed by atoms with Crippen LogP contribution in [-0.2, 0) is 9.53 Å².